The lowest BCUT2D eigenvalue weighted by atomic mass is 9.90. The number of ether oxygens (including phenoxy) is 2. The van der Waals surface area contributed by atoms with Crippen molar-refractivity contribution >= 4 is 11.5 Å². The number of hydrogen-bond donors (Lipinski definition) is 2. The van der Waals surface area contributed by atoms with Gasteiger partial charge in [0.2, 0.25) is 0 Å². The number of halogens is 5. The minimum Gasteiger partial charge on any atom is -0.461 e. The predicted octanol–water partition coefficient (Wildman–Crippen LogP) is 4.23. The standard InChI is InChI=1S/C29H35F5N6O2/c1-15-7-20(35)25(31)23(24(15)29(32,33)34)22-8-21-19(13-41-22)26(40-12-17-3-4-18(40)10-36-17)38-27(37-21)42-14-28-5-2-6-39(28)11-16(30)9-28/h7,16-18,22,36H,2-6,8-14,35H2,1H3/t16-,17?,18?,22-,28+/m1/s1. The number of fused-ring (bicyclic) bond motifs is 5. The zero-order chi connectivity index (χ0) is 29.4. The van der Waals surface area contributed by atoms with Crippen molar-refractivity contribution in [2.24, 2.45) is 0 Å². The fourth-order valence-electron chi connectivity index (χ4n) is 7.86. The van der Waals surface area contributed by atoms with Crippen LogP contribution in [-0.2, 0) is 23.9 Å². The molecule has 0 amide bonds. The highest BCUT2D eigenvalue weighted by molar-refractivity contribution is 5.56. The third-order valence-corrected chi connectivity index (χ3v) is 9.84. The van der Waals surface area contributed by atoms with E-state index in [1.807, 2.05) is 0 Å². The molecular formula is C29H35F5N6O2. The molecule has 13 heteroatoms. The van der Waals surface area contributed by atoms with Crippen LogP contribution in [0.25, 0.3) is 0 Å². The van der Waals surface area contributed by atoms with Crippen molar-refractivity contribution in [3.8, 4) is 6.01 Å². The normalized spacial score (nSPS) is 31.0. The first-order valence-electron chi connectivity index (χ1n) is 14.7. The molecule has 5 fully saturated rings. The molecule has 2 aromatic rings. The third kappa shape index (κ3) is 4.68. The molecule has 0 aliphatic carbocycles. The highest BCUT2D eigenvalue weighted by Crippen LogP contribution is 2.45. The van der Waals surface area contributed by atoms with E-state index in [9.17, 15) is 17.6 Å². The Bertz CT molecular complexity index is 1380. The summed E-state index contributed by atoms with van der Waals surface area (Å²) in [6.07, 6.45) is -2.88. The lowest BCUT2D eigenvalue weighted by molar-refractivity contribution is -0.140. The molecule has 228 valence electrons. The van der Waals surface area contributed by atoms with Crippen molar-refractivity contribution in [3.05, 3.63) is 39.8 Å². The fourth-order valence-corrected chi connectivity index (χ4v) is 7.86. The number of nitrogen functional groups attached to an aromatic ring is 1. The highest BCUT2D eigenvalue weighted by Gasteiger charge is 2.50. The van der Waals surface area contributed by atoms with E-state index in [4.69, 9.17) is 20.2 Å². The van der Waals surface area contributed by atoms with Gasteiger partial charge in [-0.25, -0.2) is 8.78 Å². The third-order valence-electron chi connectivity index (χ3n) is 9.84. The number of nitrogens with two attached hydrogens (primary N) is 1. The summed E-state index contributed by atoms with van der Waals surface area (Å²) in [6, 6.07) is 1.59. The molecule has 0 radical (unpaired) electrons. The van der Waals surface area contributed by atoms with Gasteiger partial charge in [-0.2, -0.15) is 23.1 Å². The minimum absolute atomic E-state index is 0.0806. The Balaban J connectivity index is 1.26. The number of benzene rings is 1. The molecule has 1 aromatic carbocycles. The van der Waals surface area contributed by atoms with Crippen LogP contribution in [0.3, 0.4) is 0 Å². The summed E-state index contributed by atoms with van der Waals surface area (Å²) in [5.41, 5.74) is 4.29. The van der Waals surface area contributed by atoms with E-state index in [-0.39, 0.29) is 42.9 Å². The number of aromatic nitrogens is 2. The monoisotopic (exact) mass is 594 g/mol. The van der Waals surface area contributed by atoms with Gasteiger partial charge in [-0.3, -0.25) is 4.90 Å². The first kappa shape index (κ1) is 28.0. The maximum Gasteiger partial charge on any atom is 0.417 e. The molecule has 2 unspecified atom stereocenters. The number of alkyl halides is 4. The summed E-state index contributed by atoms with van der Waals surface area (Å²) in [7, 11) is 0. The van der Waals surface area contributed by atoms with Crippen molar-refractivity contribution in [3.63, 3.8) is 0 Å². The second kappa shape index (κ2) is 10.2. The summed E-state index contributed by atoms with van der Waals surface area (Å²) in [6.45, 7) is 4.12. The second-order valence-electron chi connectivity index (χ2n) is 12.5. The van der Waals surface area contributed by atoms with Crippen LogP contribution < -0.4 is 20.7 Å². The summed E-state index contributed by atoms with van der Waals surface area (Å²) in [4.78, 5) is 13.8. The van der Waals surface area contributed by atoms with Crippen LogP contribution in [0, 0.1) is 12.7 Å². The second-order valence-corrected chi connectivity index (χ2v) is 12.5. The summed E-state index contributed by atoms with van der Waals surface area (Å²) >= 11 is 0. The van der Waals surface area contributed by atoms with Crippen LogP contribution in [-0.4, -0.2) is 71.4 Å². The van der Waals surface area contributed by atoms with Gasteiger partial charge in [-0.15, -0.1) is 0 Å². The molecular weight excluding hydrogens is 559 g/mol. The quantitative estimate of drug-likeness (QED) is 0.393. The lowest BCUT2D eigenvalue weighted by Crippen LogP contribution is -2.61. The van der Waals surface area contributed by atoms with Gasteiger partial charge >= 0.3 is 12.2 Å². The van der Waals surface area contributed by atoms with E-state index >= 15 is 4.39 Å². The maximum atomic E-state index is 15.3. The van der Waals surface area contributed by atoms with Gasteiger partial charge in [-0.1, -0.05) is 0 Å². The Hall–Kier alpha value is -2.77. The van der Waals surface area contributed by atoms with E-state index in [1.165, 1.54) is 6.92 Å². The van der Waals surface area contributed by atoms with E-state index < -0.39 is 40.9 Å². The molecule has 6 aliphatic heterocycles. The van der Waals surface area contributed by atoms with Gasteiger partial charge in [0.25, 0.3) is 0 Å². The Morgan fingerprint density at radius 2 is 2.07 bits per heavy atom. The van der Waals surface area contributed by atoms with Crippen LogP contribution in [0.4, 0.5) is 33.5 Å². The SMILES string of the molecule is Cc1cc(N)c(F)c([C@H]2Cc3nc(OC[C@@]45CCCN4C[C@H](F)C5)nc(N4CC5CCC4CN5)c3CO2)c1C(F)(F)F. The average molecular weight is 595 g/mol. The van der Waals surface area contributed by atoms with Gasteiger partial charge < -0.3 is 25.4 Å². The fraction of sp³-hybridized carbons (Fsp3) is 0.655. The van der Waals surface area contributed by atoms with E-state index in [2.05, 4.69) is 20.1 Å². The van der Waals surface area contributed by atoms with Crippen molar-refractivity contribution in [1.29, 1.82) is 0 Å². The Morgan fingerprint density at radius 3 is 2.79 bits per heavy atom. The molecule has 7 heterocycles. The van der Waals surface area contributed by atoms with Crippen molar-refractivity contribution in [2.75, 3.05) is 43.4 Å². The number of nitrogens with zero attached hydrogens (tertiary/aromatic N) is 4. The van der Waals surface area contributed by atoms with Crippen LogP contribution in [0.2, 0.25) is 0 Å². The van der Waals surface area contributed by atoms with Crippen LogP contribution in [0.5, 0.6) is 6.01 Å². The Kier molecular flexibility index (Phi) is 6.78. The number of aryl methyl sites for hydroxylation is 1. The van der Waals surface area contributed by atoms with Crippen molar-refractivity contribution < 1.29 is 31.4 Å². The predicted molar refractivity (Wildman–Crippen MR) is 145 cm³/mol. The average Bonchev–Trinajstić information content (AvgIpc) is 3.48. The molecule has 5 atom stereocenters. The minimum atomic E-state index is -4.80. The summed E-state index contributed by atoms with van der Waals surface area (Å²) in [5.74, 6) is -0.491. The van der Waals surface area contributed by atoms with E-state index in [1.54, 1.807) is 0 Å². The zero-order valence-corrected chi connectivity index (χ0v) is 23.4. The van der Waals surface area contributed by atoms with Crippen LogP contribution in [0.1, 0.15) is 66.2 Å². The number of anilines is 2. The molecule has 0 spiro atoms. The molecule has 5 saturated heterocycles. The molecule has 2 bridgehead atoms. The van der Waals surface area contributed by atoms with Crippen LogP contribution >= 0.6 is 0 Å². The van der Waals surface area contributed by atoms with Gasteiger partial charge in [0.1, 0.15) is 18.6 Å². The van der Waals surface area contributed by atoms with Gasteiger partial charge in [0.05, 0.1) is 35.2 Å². The zero-order valence-electron chi connectivity index (χ0n) is 23.4. The highest BCUT2D eigenvalue weighted by atomic mass is 19.4. The number of hydrogen-bond acceptors (Lipinski definition) is 8. The number of rotatable bonds is 5. The first-order valence-corrected chi connectivity index (χ1v) is 14.7. The van der Waals surface area contributed by atoms with Gasteiger partial charge in [0.15, 0.2) is 5.82 Å². The van der Waals surface area contributed by atoms with Crippen LogP contribution in [0.15, 0.2) is 6.07 Å². The first-order chi connectivity index (χ1) is 20.0. The summed E-state index contributed by atoms with van der Waals surface area (Å²) in [5, 5.41) is 3.52. The number of piperazine rings is 1. The summed E-state index contributed by atoms with van der Waals surface area (Å²) < 4.78 is 84.4. The molecule has 1 aromatic heterocycles. The van der Waals surface area contributed by atoms with E-state index in [0.717, 1.165) is 51.4 Å². The molecule has 42 heavy (non-hydrogen) atoms. The molecule has 0 saturated carbocycles. The topological polar surface area (TPSA) is 88.8 Å². The lowest BCUT2D eigenvalue weighted by Gasteiger charge is -2.47. The van der Waals surface area contributed by atoms with Crippen molar-refractivity contribution in [1.82, 2.24) is 20.2 Å². The van der Waals surface area contributed by atoms with Crippen molar-refractivity contribution in [2.45, 2.75) is 88.1 Å². The smallest absolute Gasteiger partial charge is 0.417 e. The Morgan fingerprint density at radius 1 is 1.24 bits per heavy atom. The largest absolute Gasteiger partial charge is 0.461 e. The van der Waals surface area contributed by atoms with E-state index in [0.29, 0.717) is 36.1 Å². The molecule has 8 rings (SSSR count). The number of piperidine rings is 2. The molecule has 6 aliphatic rings. The maximum absolute atomic E-state index is 15.3. The number of nitrogens with one attached hydrogen (secondary N) is 1. The molecule has 8 nitrogen and oxygen atoms in total. The van der Waals surface area contributed by atoms with Gasteiger partial charge in [0, 0.05) is 55.7 Å². The Labute approximate surface area is 240 Å². The molecule has 3 N–H and O–H groups in total. The van der Waals surface area contributed by atoms with Gasteiger partial charge in [-0.05, 0) is 50.8 Å².